The highest BCUT2D eigenvalue weighted by Crippen LogP contribution is 2.23. The lowest BCUT2D eigenvalue weighted by Gasteiger charge is -2.34. The van der Waals surface area contributed by atoms with Crippen LogP contribution in [0, 0.1) is 0 Å². The first-order valence-corrected chi connectivity index (χ1v) is 9.04. The third-order valence-corrected chi connectivity index (χ3v) is 4.36. The van der Waals surface area contributed by atoms with E-state index < -0.39 is 0 Å². The zero-order valence-corrected chi connectivity index (χ0v) is 15.7. The molecular weight excluding hydrogens is 332 g/mol. The fourth-order valence-corrected chi connectivity index (χ4v) is 3.10. The third kappa shape index (κ3) is 4.85. The average Bonchev–Trinajstić information content (AvgIpc) is 2.70. The lowest BCUT2D eigenvalue weighted by atomic mass is 10.1. The minimum Gasteiger partial charge on any atom is -0.282 e. The summed E-state index contributed by atoms with van der Waals surface area (Å²) in [6.45, 7) is 1.60. The van der Waals surface area contributed by atoms with Crippen molar-refractivity contribution in [3.05, 3.63) is 108 Å². The van der Waals surface area contributed by atoms with E-state index in [1.165, 1.54) is 0 Å². The van der Waals surface area contributed by atoms with Crippen LogP contribution in [0.4, 0.5) is 5.69 Å². The van der Waals surface area contributed by atoms with Gasteiger partial charge in [-0.05, 0) is 29.3 Å². The molecule has 27 heavy (non-hydrogen) atoms. The van der Waals surface area contributed by atoms with Crippen LogP contribution in [0.1, 0.15) is 18.1 Å². The Labute approximate surface area is 161 Å². The van der Waals surface area contributed by atoms with E-state index in [1.807, 2.05) is 90.9 Å². The Balaban J connectivity index is 2.03. The molecule has 3 rings (SSSR count). The lowest BCUT2D eigenvalue weighted by molar-refractivity contribution is -0.127. The maximum atomic E-state index is 12.6. The number of carbonyl (C=O) groups is 1. The van der Waals surface area contributed by atoms with E-state index >= 15 is 0 Å². The Kier molecular flexibility index (Phi) is 6.06. The van der Waals surface area contributed by atoms with Crippen LogP contribution >= 0.6 is 0 Å². The Morgan fingerprint density at radius 2 is 1.33 bits per heavy atom. The number of para-hydroxylation sites is 1. The first kappa shape index (κ1) is 18.5. The smallest absolute Gasteiger partial charge is 0.242 e. The van der Waals surface area contributed by atoms with E-state index in [1.54, 1.807) is 11.9 Å². The summed E-state index contributed by atoms with van der Waals surface area (Å²) in [5.41, 5.74) is 4.11. The molecule has 0 aliphatic carbocycles. The molecular formula is C24H24N2O. The fraction of sp³-hybridized carbons (Fsp3) is 0.125. The van der Waals surface area contributed by atoms with Crippen LogP contribution in [0.15, 0.2) is 96.7 Å². The Hall–Kier alpha value is -3.33. The Bertz CT molecular complexity index is 889. The second-order valence-corrected chi connectivity index (χ2v) is 6.40. The molecule has 0 N–H and O–H groups in total. The number of nitrogens with zero attached hydrogens (tertiary/aromatic N) is 2. The molecule has 0 aliphatic rings. The summed E-state index contributed by atoms with van der Waals surface area (Å²) < 4.78 is 0. The highest BCUT2D eigenvalue weighted by molar-refractivity contribution is 5.79. The SMILES string of the molecule is CC(=O)N(/C(=C\c1ccccc1)Cc1ccccc1)N(C)c1ccccc1. The van der Waals surface area contributed by atoms with E-state index in [0.29, 0.717) is 6.42 Å². The maximum Gasteiger partial charge on any atom is 0.242 e. The van der Waals surface area contributed by atoms with Crippen molar-refractivity contribution in [2.75, 3.05) is 12.1 Å². The fourth-order valence-electron chi connectivity index (χ4n) is 3.10. The van der Waals surface area contributed by atoms with E-state index in [2.05, 4.69) is 18.2 Å². The number of amides is 1. The van der Waals surface area contributed by atoms with Gasteiger partial charge in [-0.2, -0.15) is 0 Å². The quantitative estimate of drug-likeness (QED) is 0.569. The third-order valence-electron chi connectivity index (χ3n) is 4.36. The average molecular weight is 356 g/mol. The van der Waals surface area contributed by atoms with Crippen LogP contribution in [-0.4, -0.2) is 18.0 Å². The first-order valence-electron chi connectivity index (χ1n) is 9.04. The van der Waals surface area contributed by atoms with Crippen molar-refractivity contribution in [1.82, 2.24) is 5.01 Å². The standard InChI is InChI=1S/C24H24N2O/c1-20(27)26(25(2)23-16-10-5-11-17-23)24(18-21-12-6-3-7-13-21)19-22-14-8-4-9-15-22/h3-18H,19H2,1-2H3/b24-18-. The summed E-state index contributed by atoms with van der Waals surface area (Å²) in [5, 5.41) is 3.65. The molecule has 0 atom stereocenters. The molecule has 0 radical (unpaired) electrons. The summed E-state index contributed by atoms with van der Waals surface area (Å²) in [7, 11) is 1.92. The number of hydrogen-bond acceptors (Lipinski definition) is 2. The van der Waals surface area contributed by atoms with E-state index in [4.69, 9.17) is 0 Å². The molecule has 0 unspecified atom stereocenters. The molecule has 3 nitrogen and oxygen atoms in total. The van der Waals surface area contributed by atoms with Crippen LogP contribution < -0.4 is 5.01 Å². The summed E-state index contributed by atoms with van der Waals surface area (Å²) in [6.07, 6.45) is 2.74. The van der Waals surface area contributed by atoms with Crippen molar-refractivity contribution in [3.8, 4) is 0 Å². The number of hydrazine groups is 1. The maximum absolute atomic E-state index is 12.6. The molecule has 136 valence electrons. The number of allylic oxidation sites excluding steroid dienone is 1. The first-order chi connectivity index (χ1) is 13.1. The largest absolute Gasteiger partial charge is 0.282 e. The number of carbonyl (C=O) groups excluding carboxylic acids is 1. The second-order valence-electron chi connectivity index (χ2n) is 6.40. The van der Waals surface area contributed by atoms with Crippen LogP contribution in [-0.2, 0) is 11.2 Å². The Morgan fingerprint density at radius 1 is 0.815 bits per heavy atom. The van der Waals surface area contributed by atoms with Crippen LogP contribution in [0.25, 0.3) is 6.08 Å². The van der Waals surface area contributed by atoms with Crippen molar-refractivity contribution in [2.24, 2.45) is 0 Å². The van der Waals surface area contributed by atoms with Gasteiger partial charge in [0.25, 0.3) is 0 Å². The van der Waals surface area contributed by atoms with Crippen LogP contribution in [0.3, 0.4) is 0 Å². The normalized spacial score (nSPS) is 11.1. The van der Waals surface area contributed by atoms with Gasteiger partial charge in [-0.25, -0.2) is 5.01 Å². The molecule has 0 aromatic heterocycles. The van der Waals surface area contributed by atoms with Crippen LogP contribution in [0.2, 0.25) is 0 Å². The predicted octanol–water partition coefficient (Wildman–Crippen LogP) is 5.17. The van der Waals surface area contributed by atoms with Gasteiger partial charge in [0, 0.05) is 26.1 Å². The van der Waals surface area contributed by atoms with Gasteiger partial charge in [0.2, 0.25) is 5.91 Å². The van der Waals surface area contributed by atoms with Gasteiger partial charge >= 0.3 is 0 Å². The van der Waals surface area contributed by atoms with Crippen molar-refractivity contribution < 1.29 is 4.79 Å². The molecule has 1 amide bonds. The zero-order valence-electron chi connectivity index (χ0n) is 15.7. The molecule has 0 heterocycles. The summed E-state index contributed by atoms with van der Waals surface area (Å²) in [6, 6.07) is 30.2. The predicted molar refractivity (Wildman–Crippen MR) is 112 cm³/mol. The summed E-state index contributed by atoms with van der Waals surface area (Å²) in [4.78, 5) is 12.6. The monoisotopic (exact) mass is 356 g/mol. The molecule has 0 aliphatic heterocycles. The van der Waals surface area contributed by atoms with Gasteiger partial charge in [-0.3, -0.25) is 9.80 Å². The van der Waals surface area contributed by atoms with Gasteiger partial charge < -0.3 is 0 Å². The number of benzene rings is 3. The van der Waals surface area contributed by atoms with Crippen molar-refractivity contribution in [1.29, 1.82) is 0 Å². The molecule has 3 heteroatoms. The second kappa shape index (κ2) is 8.86. The van der Waals surface area contributed by atoms with Gasteiger partial charge in [-0.1, -0.05) is 78.9 Å². The zero-order chi connectivity index (χ0) is 19.1. The number of anilines is 1. The van der Waals surface area contributed by atoms with E-state index in [-0.39, 0.29) is 5.91 Å². The van der Waals surface area contributed by atoms with Crippen LogP contribution in [0.5, 0.6) is 0 Å². The van der Waals surface area contributed by atoms with Crippen molar-refractivity contribution in [2.45, 2.75) is 13.3 Å². The summed E-state index contributed by atoms with van der Waals surface area (Å²) in [5.74, 6) is -0.0283. The molecule has 3 aromatic rings. The molecule has 0 saturated carbocycles. The minimum absolute atomic E-state index is 0.0283. The number of rotatable bonds is 6. The van der Waals surface area contributed by atoms with Crippen molar-refractivity contribution in [3.63, 3.8) is 0 Å². The highest BCUT2D eigenvalue weighted by atomic mass is 16.2. The highest BCUT2D eigenvalue weighted by Gasteiger charge is 2.20. The Morgan fingerprint density at radius 3 is 1.89 bits per heavy atom. The van der Waals surface area contributed by atoms with Crippen molar-refractivity contribution >= 4 is 17.7 Å². The summed E-state index contributed by atoms with van der Waals surface area (Å²) >= 11 is 0. The van der Waals surface area contributed by atoms with Gasteiger partial charge in [0.1, 0.15) is 0 Å². The van der Waals surface area contributed by atoms with E-state index in [9.17, 15) is 4.79 Å². The van der Waals surface area contributed by atoms with Gasteiger partial charge in [-0.15, -0.1) is 0 Å². The minimum atomic E-state index is -0.0283. The molecule has 0 spiro atoms. The van der Waals surface area contributed by atoms with Gasteiger partial charge in [0.05, 0.1) is 5.69 Å². The van der Waals surface area contributed by atoms with E-state index in [0.717, 1.165) is 22.5 Å². The topological polar surface area (TPSA) is 23.6 Å². The molecule has 0 bridgehead atoms. The molecule has 0 saturated heterocycles. The lowest BCUT2D eigenvalue weighted by Crippen LogP contribution is -2.43. The number of hydrogen-bond donors (Lipinski definition) is 0. The molecule has 3 aromatic carbocycles. The van der Waals surface area contributed by atoms with Gasteiger partial charge in [0.15, 0.2) is 0 Å². The molecule has 0 fully saturated rings.